The second kappa shape index (κ2) is 11.3. The SMILES string of the molecule is CC1CC1CN(CC(=O)N(C)C)c1cc(-c2nnc([C@](C)(N)Cc3ccccc3)o2)c(Cl)c(N(C)S(C)(=O)=O)n1. The van der Waals surface area contributed by atoms with Crippen LogP contribution in [0.15, 0.2) is 40.8 Å². The summed E-state index contributed by atoms with van der Waals surface area (Å²) in [5.74, 6) is 1.41. The molecule has 1 aliphatic rings. The third kappa shape index (κ3) is 6.73. The molecule has 0 radical (unpaired) electrons. The number of likely N-dealkylation sites (N-methyl/N-ethyl adjacent to an activating group) is 1. The molecule has 216 valence electrons. The maximum absolute atomic E-state index is 12.7. The zero-order valence-corrected chi connectivity index (χ0v) is 25.2. The molecule has 2 aromatic heterocycles. The van der Waals surface area contributed by atoms with E-state index in [-0.39, 0.29) is 40.6 Å². The number of nitrogens with two attached hydrogens (primary N) is 1. The van der Waals surface area contributed by atoms with Crippen LogP contribution in [0.4, 0.5) is 11.6 Å². The van der Waals surface area contributed by atoms with Crippen LogP contribution in [-0.2, 0) is 26.8 Å². The quantitative estimate of drug-likeness (QED) is 0.357. The van der Waals surface area contributed by atoms with Gasteiger partial charge in [0.25, 0.3) is 0 Å². The lowest BCUT2D eigenvalue weighted by Crippen LogP contribution is -2.38. The van der Waals surface area contributed by atoms with Crippen molar-refractivity contribution in [3.05, 3.63) is 52.9 Å². The first-order valence-corrected chi connectivity index (χ1v) is 15.2. The van der Waals surface area contributed by atoms with Crippen molar-refractivity contribution < 1.29 is 17.6 Å². The fraction of sp³-hybridized carbons (Fsp3) is 0.481. The second-order valence-electron chi connectivity index (χ2n) is 11.0. The Morgan fingerprint density at radius 3 is 2.42 bits per heavy atom. The molecule has 0 saturated heterocycles. The molecule has 40 heavy (non-hydrogen) atoms. The standard InChI is InChI=1S/C27H36ClN7O4S/c1-17-12-19(17)15-35(16-22(36)33(3)4)21-13-20(23(28)24(30-21)34(5)40(6,37)38)25-31-32-26(39-25)27(2,29)14-18-10-8-7-9-11-18/h7-11,13,17,19H,12,14-16,29H2,1-6H3/t17?,19?,27-/m1/s1. The highest BCUT2D eigenvalue weighted by atomic mass is 35.5. The molecule has 1 aromatic carbocycles. The summed E-state index contributed by atoms with van der Waals surface area (Å²) < 4.78 is 32.1. The maximum atomic E-state index is 12.7. The number of sulfonamides is 1. The molecule has 1 fully saturated rings. The first-order chi connectivity index (χ1) is 18.7. The van der Waals surface area contributed by atoms with Gasteiger partial charge in [-0.2, -0.15) is 0 Å². The van der Waals surface area contributed by atoms with Gasteiger partial charge in [-0.05, 0) is 43.2 Å². The smallest absolute Gasteiger partial charge is 0.249 e. The number of benzene rings is 1. The molecule has 2 N–H and O–H groups in total. The fourth-order valence-electron chi connectivity index (χ4n) is 4.32. The average Bonchev–Trinajstić information content (AvgIpc) is 3.34. The molecule has 2 heterocycles. The summed E-state index contributed by atoms with van der Waals surface area (Å²) in [5, 5.41) is 8.46. The monoisotopic (exact) mass is 589 g/mol. The molecule has 3 atom stereocenters. The van der Waals surface area contributed by atoms with Crippen LogP contribution >= 0.6 is 11.6 Å². The molecule has 0 spiro atoms. The van der Waals surface area contributed by atoms with E-state index in [2.05, 4.69) is 22.1 Å². The van der Waals surface area contributed by atoms with Crippen LogP contribution in [0.5, 0.6) is 0 Å². The van der Waals surface area contributed by atoms with Gasteiger partial charge < -0.3 is 20.0 Å². The Hall–Kier alpha value is -3.22. The largest absolute Gasteiger partial charge is 0.419 e. The molecule has 0 bridgehead atoms. The van der Waals surface area contributed by atoms with Crippen LogP contribution in [-0.4, -0.2) is 74.9 Å². The zero-order valence-electron chi connectivity index (χ0n) is 23.6. The molecular formula is C27H36ClN7O4S. The summed E-state index contributed by atoms with van der Waals surface area (Å²) in [4.78, 5) is 20.7. The molecule has 1 amide bonds. The molecule has 1 aliphatic carbocycles. The van der Waals surface area contributed by atoms with E-state index in [1.807, 2.05) is 35.2 Å². The number of carbonyl (C=O) groups excluding carboxylic acids is 1. The van der Waals surface area contributed by atoms with E-state index < -0.39 is 15.6 Å². The van der Waals surface area contributed by atoms with Crippen LogP contribution in [0.25, 0.3) is 11.5 Å². The zero-order chi connectivity index (χ0) is 29.4. The first-order valence-electron chi connectivity index (χ1n) is 12.9. The van der Waals surface area contributed by atoms with Gasteiger partial charge in [0.2, 0.25) is 27.7 Å². The Bertz CT molecular complexity index is 1480. The van der Waals surface area contributed by atoms with E-state index in [1.54, 1.807) is 27.1 Å². The summed E-state index contributed by atoms with van der Waals surface area (Å²) in [6.07, 6.45) is 2.55. The summed E-state index contributed by atoms with van der Waals surface area (Å²) in [7, 11) is 1.01. The maximum Gasteiger partial charge on any atom is 0.249 e. The van der Waals surface area contributed by atoms with Crippen LogP contribution in [0, 0.1) is 11.8 Å². The highest BCUT2D eigenvalue weighted by molar-refractivity contribution is 7.92. The number of anilines is 2. The summed E-state index contributed by atoms with van der Waals surface area (Å²) >= 11 is 6.75. The number of pyridine rings is 1. The van der Waals surface area contributed by atoms with Crippen molar-refractivity contribution in [1.29, 1.82) is 0 Å². The number of amides is 1. The van der Waals surface area contributed by atoms with Crippen molar-refractivity contribution in [3.8, 4) is 11.5 Å². The summed E-state index contributed by atoms with van der Waals surface area (Å²) in [6, 6.07) is 11.4. The average molecular weight is 590 g/mol. The van der Waals surface area contributed by atoms with E-state index in [9.17, 15) is 13.2 Å². The van der Waals surface area contributed by atoms with Gasteiger partial charge in [0.1, 0.15) is 5.82 Å². The van der Waals surface area contributed by atoms with Gasteiger partial charge in [0, 0.05) is 27.7 Å². The lowest BCUT2D eigenvalue weighted by atomic mass is 9.94. The Morgan fingerprint density at radius 2 is 1.85 bits per heavy atom. The molecule has 13 heteroatoms. The minimum Gasteiger partial charge on any atom is -0.419 e. The Morgan fingerprint density at radius 1 is 1.20 bits per heavy atom. The highest BCUT2D eigenvalue weighted by Gasteiger charge is 2.36. The van der Waals surface area contributed by atoms with Crippen molar-refractivity contribution in [2.45, 2.75) is 32.2 Å². The van der Waals surface area contributed by atoms with Gasteiger partial charge in [0.05, 0.1) is 28.9 Å². The van der Waals surface area contributed by atoms with Crippen molar-refractivity contribution >= 4 is 39.2 Å². The topological polar surface area (TPSA) is 139 Å². The third-order valence-corrected chi connectivity index (χ3v) is 8.70. The molecular weight excluding hydrogens is 554 g/mol. The van der Waals surface area contributed by atoms with E-state index in [4.69, 9.17) is 21.8 Å². The minimum absolute atomic E-state index is 0.0117. The van der Waals surface area contributed by atoms with Crippen molar-refractivity contribution in [2.24, 2.45) is 17.6 Å². The summed E-state index contributed by atoms with van der Waals surface area (Å²) in [5.41, 5.74) is 6.91. The van der Waals surface area contributed by atoms with Gasteiger partial charge >= 0.3 is 0 Å². The molecule has 0 aliphatic heterocycles. The Kier molecular flexibility index (Phi) is 8.44. The number of rotatable bonds is 11. The van der Waals surface area contributed by atoms with E-state index >= 15 is 0 Å². The van der Waals surface area contributed by atoms with Crippen LogP contribution in [0.1, 0.15) is 31.7 Å². The molecule has 1 saturated carbocycles. The predicted molar refractivity (Wildman–Crippen MR) is 156 cm³/mol. The molecule has 2 unspecified atom stereocenters. The van der Waals surface area contributed by atoms with Crippen LogP contribution < -0.4 is 14.9 Å². The van der Waals surface area contributed by atoms with Crippen molar-refractivity contribution in [1.82, 2.24) is 20.1 Å². The lowest BCUT2D eigenvalue weighted by Gasteiger charge is -2.27. The number of nitrogens with zero attached hydrogens (tertiary/aromatic N) is 6. The van der Waals surface area contributed by atoms with Crippen molar-refractivity contribution in [2.75, 3.05) is 49.7 Å². The van der Waals surface area contributed by atoms with Gasteiger partial charge in [-0.25, -0.2) is 13.4 Å². The molecule has 11 nitrogen and oxygen atoms in total. The van der Waals surface area contributed by atoms with Crippen LogP contribution in [0.2, 0.25) is 5.02 Å². The number of halogens is 1. The van der Waals surface area contributed by atoms with Gasteiger partial charge in [0.15, 0.2) is 5.82 Å². The lowest BCUT2D eigenvalue weighted by molar-refractivity contribution is -0.127. The van der Waals surface area contributed by atoms with Crippen molar-refractivity contribution in [3.63, 3.8) is 0 Å². The fourth-order valence-corrected chi connectivity index (χ4v) is 5.13. The first kappa shape index (κ1) is 29.8. The second-order valence-corrected chi connectivity index (χ2v) is 13.4. The van der Waals surface area contributed by atoms with Gasteiger partial charge in [-0.3, -0.25) is 9.10 Å². The van der Waals surface area contributed by atoms with E-state index in [0.717, 1.165) is 22.5 Å². The van der Waals surface area contributed by atoms with E-state index in [0.29, 0.717) is 30.6 Å². The third-order valence-electron chi connectivity index (χ3n) is 7.16. The van der Waals surface area contributed by atoms with Gasteiger partial charge in [-0.15, -0.1) is 10.2 Å². The predicted octanol–water partition coefficient (Wildman–Crippen LogP) is 3.15. The van der Waals surface area contributed by atoms with E-state index in [1.165, 1.54) is 11.9 Å². The molecule has 3 aromatic rings. The number of carbonyl (C=O) groups is 1. The Balaban J connectivity index is 1.79. The number of hydrogen-bond acceptors (Lipinski definition) is 9. The Labute approximate surface area is 240 Å². The normalized spacial score (nSPS) is 18.2. The number of hydrogen-bond donors (Lipinski definition) is 1. The summed E-state index contributed by atoms with van der Waals surface area (Å²) in [6.45, 7) is 4.58. The van der Waals surface area contributed by atoms with Gasteiger partial charge in [-0.1, -0.05) is 48.9 Å². The minimum atomic E-state index is -3.72. The molecule has 4 rings (SSSR count). The highest BCUT2D eigenvalue weighted by Crippen LogP contribution is 2.41. The van der Waals surface area contributed by atoms with Crippen LogP contribution in [0.3, 0.4) is 0 Å². The number of aromatic nitrogens is 3.